The Hall–Kier alpha value is -0.770. The van der Waals surface area contributed by atoms with Crippen molar-refractivity contribution < 1.29 is 39.1 Å². The molecule has 0 saturated carbocycles. The Labute approximate surface area is 108 Å². The second-order valence-electron chi connectivity index (χ2n) is 3.04. The van der Waals surface area contributed by atoms with E-state index in [1.165, 1.54) is 0 Å². The zero-order valence-corrected chi connectivity index (χ0v) is 10.0. The fraction of sp³-hybridized carbons (Fsp3) is 0.900. The Kier molecular flexibility index (Phi) is 9.62. The summed E-state index contributed by atoms with van der Waals surface area (Å²) in [4.78, 5) is 10.8. The molecule has 0 aliphatic heterocycles. The van der Waals surface area contributed by atoms with Gasteiger partial charge < -0.3 is 34.3 Å². The monoisotopic (exact) mass is 272 g/mol. The van der Waals surface area contributed by atoms with Crippen molar-refractivity contribution in [3.63, 3.8) is 0 Å². The molecule has 0 radical (unpaired) electrons. The smallest absolute Gasteiger partial charge is 0.361 e. The van der Waals surface area contributed by atoms with Crippen molar-refractivity contribution >= 4 is 5.97 Å². The third-order valence-corrected chi connectivity index (χ3v) is 1.65. The highest BCUT2D eigenvalue weighted by Gasteiger charge is 2.18. The molecule has 0 heterocycles. The van der Waals surface area contributed by atoms with E-state index in [2.05, 4.69) is 10.2 Å². The van der Waals surface area contributed by atoms with Crippen LogP contribution in [-0.4, -0.2) is 83.3 Å². The fourth-order valence-electron chi connectivity index (χ4n) is 0.941. The highest BCUT2D eigenvalue weighted by atomic mass is 16.7. The molecule has 0 unspecified atom stereocenters. The van der Waals surface area contributed by atoms with Crippen molar-refractivity contribution in [1.29, 1.82) is 2.86 Å². The molecule has 0 fully saturated rings. The van der Waals surface area contributed by atoms with Gasteiger partial charge in [-0.3, -0.25) is 0 Å². The summed E-state index contributed by atoms with van der Waals surface area (Å²) in [5, 5.41) is 16.9. The van der Waals surface area contributed by atoms with Crippen LogP contribution in [0, 0.1) is 0 Å². The van der Waals surface area contributed by atoms with Gasteiger partial charge in [0.15, 0.2) is 0 Å². The molecule has 0 aromatic rings. The van der Waals surface area contributed by atoms with E-state index >= 15 is 0 Å². The molecule has 0 aromatic carbocycles. The van der Waals surface area contributed by atoms with E-state index in [1.54, 1.807) is 0 Å². The van der Waals surface area contributed by atoms with Gasteiger partial charge in [-0.2, -0.15) is 0 Å². The summed E-state index contributed by atoms with van der Waals surface area (Å²) in [6.45, 7) is 1.18. The van der Waals surface area contributed by atoms with Crippen molar-refractivity contribution in [1.82, 2.24) is 0 Å². The SMILES string of the molecule is [3H]OCCOCCOC(OCCOCCO[3H])C(=O)O. The van der Waals surface area contributed by atoms with Gasteiger partial charge in [0, 0.05) is 0 Å². The van der Waals surface area contributed by atoms with E-state index in [0.29, 0.717) is 0 Å². The first-order valence-corrected chi connectivity index (χ1v) is 5.50. The number of carboxylic acids is 1. The Morgan fingerprint density at radius 3 is 1.83 bits per heavy atom. The number of hydrogen-bond donors (Lipinski definition) is 3. The molecular weight excluding hydrogens is 248 g/mol. The van der Waals surface area contributed by atoms with Gasteiger partial charge in [0.05, 0.1) is 52.9 Å². The molecule has 8 nitrogen and oxygen atoms in total. The molecular formula is C10H20O8. The summed E-state index contributed by atoms with van der Waals surface area (Å²) in [5.41, 5.74) is 0. The first-order valence-electron chi connectivity index (χ1n) is 6.31. The Morgan fingerprint density at radius 1 is 0.944 bits per heavy atom. The predicted molar refractivity (Wildman–Crippen MR) is 59.1 cm³/mol. The third-order valence-electron chi connectivity index (χ3n) is 1.65. The Bertz CT molecular complexity index is 215. The minimum absolute atomic E-state index is 0.0442. The van der Waals surface area contributed by atoms with Gasteiger partial charge in [-0.05, 0) is 0 Å². The van der Waals surface area contributed by atoms with Crippen LogP contribution in [0.2, 0.25) is 0 Å². The van der Waals surface area contributed by atoms with Crippen LogP contribution < -0.4 is 0 Å². The Balaban J connectivity index is 3.53. The quantitative estimate of drug-likeness (QED) is 0.242. The Morgan fingerprint density at radius 2 is 1.44 bits per heavy atom. The average molecular weight is 272 g/mol. The van der Waals surface area contributed by atoms with Crippen LogP contribution in [0.3, 0.4) is 0 Å². The second kappa shape index (κ2) is 12.7. The molecule has 0 aliphatic rings. The molecule has 0 bridgehead atoms. The first-order chi connectivity index (χ1) is 9.72. The van der Waals surface area contributed by atoms with Crippen LogP contribution in [0.4, 0.5) is 0 Å². The summed E-state index contributed by atoms with van der Waals surface area (Å²) < 4.78 is 32.7. The standard InChI is InChI=1S/C10H20O8/c11-1-3-15-5-7-17-10(9(13)14)18-8-6-16-4-2-12/h10-12H,1-8H2,(H,13,14)/i11T,12T. The van der Waals surface area contributed by atoms with Crippen molar-refractivity contribution in [3.05, 3.63) is 0 Å². The summed E-state index contributed by atoms with van der Waals surface area (Å²) in [6.07, 6.45) is -1.39. The lowest BCUT2D eigenvalue weighted by molar-refractivity contribution is -0.194. The van der Waals surface area contributed by atoms with Crippen LogP contribution in [-0.2, 0) is 23.7 Å². The number of carboxylic acid groups (broad SMARTS) is 1. The molecule has 0 rings (SSSR count). The highest BCUT2D eigenvalue weighted by Crippen LogP contribution is 1.96. The summed E-state index contributed by atoms with van der Waals surface area (Å²) in [6, 6.07) is 0. The molecule has 0 aromatic heterocycles. The highest BCUT2D eigenvalue weighted by molar-refractivity contribution is 5.70. The van der Waals surface area contributed by atoms with Crippen molar-refractivity contribution in [2.75, 3.05) is 52.9 Å². The summed E-state index contributed by atoms with van der Waals surface area (Å²) in [5.74, 6) is -1.24. The minimum Gasteiger partial charge on any atom is -0.477 e. The number of aliphatic hydroxyl groups excluding tert-OH is 2. The van der Waals surface area contributed by atoms with E-state index in [-0.39, 0.29) is 52.9 Å². The van der Waals surface area contributed by atoms with Gasteiger partial charge in [-0.25, -0.2) is 4.79 Å². The van der Waals surface area contributed by atoms with Crippen LogP contribution in [0.1, 0.15) is 0 Å². The van der Waals surface area contributed by atoms with Crippen molar-refractivity contribution in [3.8, 4) is 0 Å². The minimum atomic E-state index is -1.39. The fourth-order valence-corrected chi connectivity index (χ4v) is 0.941. The molecule has 108 valence electrons. The lowest BCUT2D eigenvalue weighted by atomic mass is 10.6. The largest absolute Gasteiger partial charge is 0.477 e. The van der Waals surface area contributed by atoms with E-state index < -0.39 is 12.3 Å². The number of aliphatic carboxylic acids is 1. The average Bonchev–Trinajstić information content (AvgIpc) is 2.43. The maximum absolute atomic E-state index is 10.8. The molecule has 0 amide bonds. The van der Waals surface area contributed by atoms with Crippen LogP contribution in [0.5, 0.6) is 0 Å². The maximum atomic E-state index is 10.8. The van der Waals surface area contributed by atoms with Crippen molar-refractivity contribution in [2.24, 2.45) is 0 Å². The summed E-state index contributed by atoms with van der Waals surface area (Å²) >= 11 is 0. The van der Waals surface area contributed by atoms with E-state index in [1.807, 2.05) is 0 Å². The molecule has 0 aliphatic carbocycles. The van der Waals surface area contributed by atoms with E-state index in [0.717, 1.165) is 0 Å². The van der Waals surface area contributed by atoms with Gasteiger partial charge in [-0.15, -0.1) is 0 Å². The number of hydrogen-bond acceptors (Lipinski definition) is 7. The molecule has 3 N–H and O–H groups in total. The molecule has 8 heteroatoms. The molecule has 0 saturated heterocycles. The van der Waals surface area contributed by atoms with Gasteiger partial charge >= 0.3 is 5.97 Å². The molecule has 0 spiro atoms. The van der Waals surface area contributed by atoms with E-state index in [4.69, 9.17) is 26.9 Å². The number of ether oxygens (including phenoxy) is 4. The van der Waals surface area contributed by atoms with Gasteiger partial charge in [0.1, 0.15) is 0 Å². The molecule has 18 heavy (non-hydrogen) atoms. The maximum Gasteiger partial charge on any atom is 0.361 e. The van der Waals surface area contributed by atoms with E-state index in [9.17, 15) is 4.79 Å². The van der Waals surface area contributed by atoms with Gasteiger partial charge in [-0.1, -0.05) is 0 Å². The predicted octanol–water partition coefficient (Wildman–Crippen LogP) is -1.55. The molecule has 0 atom stereocenters. The zero-order chi connectivity index (χ0) is 15.1. The zero-order valence-electron chi connectivity index (χ0n) is 12.0. The lowest BCUT2D eigenvalue weighted by Crippen LogP contribution is -2.30. The third kappa shape index (κ3) is 10.4. The second-order valence-corrected chi connectivity index (χ2v) is 3.04. The first kappa shape index (κ1) is 13.7. The van der Waals surface area contributed by atoms with Gasteiger partial charge in [0.2, 0.25) is 2.86 Å². The van der Waals surface area contributed by atoms with Crippen LogP contribution in [0.15, 0.2) is 0 Å². The number of aliphatic hydroxyl groups is 2. The van der Waals surface area contributed by atoms with Gasteiger partial charge in [0.25, 0.3) is 6.29 Å². The topological polar surface area (TPSA) is 115 Å². The van der Waals surface area contributed by atoms with Crippen LogP contribution >= 0.6 is 0 Å². The van der Waals surface area contributed by atoms with Crippen molar-refractivity contribution in [2.45, 2.75) is 6.29 Å². The van der Waals surface area contributed by atoms with Crippen LogP contribution in [0.25, 0.3) is 0 Å². The number of carbonyl (C=O) groups is 1. The normalized spacial score (nSPS) is 12.5. The summed E-state index contributed by atoms with van der Waals surface area (Å²) in [7, 11) is 0. The number of rotatable bonds is 15. The lowest BCUT2D eigenvalue weighted by Gasteiger charge is -2.14.